The molecule has 2 heterocycles. The summed E-state index contributed by atoms with van der Waals surface area (Å²) in [5.74, 6) is 0.971. The summed E-state index contributed by atoms with van der Waals surface area (Å²) in [5, 5.41) is 3.20. The third kappa shape index (κ3) is 3.65. The van der Waals surface area contributed by atoms with Gasteiger partial charge in [-0.05, 0) is 50.5 Å². The number of ether oxygens (including phenoxy) is 1. The van der Waals surface area contributed by atoms with Gasteiger partial charge in [0, 0.05) is 18.3 Å². The van der Waals surface area contributed by atoms with E-state index < -0.39 is 0 Å². The number of hydrogen-bond donors (Lipinski definition) is 2. The van der Waals surface area contributed by atoms with Gasteiger partial charge in [-0.25, -0.2) is 14.8 Å². The van der Waals surface area contributed by atoms with E-state index in [4.69, 9.17) is 10.5 Å². The molecule has 1 unspecified atom stereocenters. The first kappa shape index (κ1) is 17.0. The lowest BCUT2D eigenvalue weighted by Crippen LogP contribution is -2.38. The Bertz CT molecular complexity index is 748. The molecular formula is C18H23N5O2. The summed E-state index contributed by atoms with van der Waals surface area (Å²) in [6, 6.07) is 7.38. The predicted molar refractivity (Wildman–Crippen MR) is 98.2 cm³/mol. The molecule has 1 aromatic carbocycles. The molecule has 3 rings (SSSR count). The number of piperidine rings is 1. The number of nitrogens with one attached hydrogen (secondary N) is 1. The number of aromatic nitrogens is 2. The van der Waals surface area contributed by atoms with Gasteiger partial charge in [-0.2, -0.15) is 0 Å². The molecule has 0 spiro atoms. The summed E-state index contributed by atoms with van der Waals surface area (Å²) in [6.07, 6.45) is 5.05. The van der Waals surface area contributed by atoms with E-state index in [2.05, 4.69) is 27.1 Å². The Kier molecular flexibility index (Phi) is 5.02. The van der Waals surface area contributed by atoms with Crippen molar-refractivity contribution in [2.45, 2.75) is 32.2 Å². The molecule has 132 valence electrons. The van der Waals surface area contributed by atoms with Gasteiger partial charge in [0.15, 0.2) is 11.6 Å². The molecule has 1 saturated heterocycles. The van der Waals surface area contributed by atoms with Gasteiger partial charge in [-0.15, -0.1) is 0 Å². The lowest BCUT2D eigenvalue weighted by Gasteiger charge is -2.35. The number of nitrogen functional groups attached to an aromatic ring is 1. The quantitative estimate of drug-likeness (QED) is 0.826. The van der Waals surface area contributed by atoms with Crippen LogP contribution in [-0.4, -0.2) is 35.6 Å². The zero-order chi connectivity index (χ0) is 17.8. The van der Waals surface area contributed by atoms with E-state index in [1.165, 1.54) is 19.9 Å². The highest BCUT2D eigenvalue weighted by molar-refractivity contribution is 5.90. The minimum atomic E-state index is -0.366. The number of hydrogen-bond acceptors (Lipinski definition) is 7. The van der Waals surface area contributed by atoms with Crippen LogP contribution in [0.15, 0.2) is 30.6 Å². The second kappa shape index (κ2) is 7.38. The lowest BCUT2D eigenvalue weighted by atomic mass is 10.0. The molecule has 1 aliphatic heterocycles. The Morgan fingerprint density at radius 2 is 2.04 bits per heavy atom. The maximum absolute atomic E-state index is 11.5. The average molecular weight is 341 g/mol. The van der Waals surface area contributed by atoms with Gasteiger partial charge in [0.2, 0.25) is 0 Å². The number of benzene rings is 1. The molecular weight excluding hydrogens is 318 g/mol. The van der Waals surface area contributed by atoms with Crippen LogP contribution in [-0.2, 0) is 4.74 Å². The van der Waals surface area contributed by atoms with Crippen molar-refractivity contribution >= 4 is 29.0 Å². The molecule has 7 nitrogen and oxygen atoms in total. The van der Waals surface area contributed by atoms with E-state index in [0.717, 1.165) is 30.9 Å². The van der Waals surface area contributed by atoms with Gasteiger partial charge in [-0.1, -0.05) is 0 Å². The molecule has 3 N–H and O–H groups in total. The number of nitrogens with zero attached hydrogens (tertiary/aromatic N) is 3. The van der Waals surface area contributed by atoms with Crippen molar-refractivity contribution in [1.29, 1.82) is 0 Å². The SMILES string of the molecule is COC(=O)c1ccc(Nc2ncnc(N3CCCCC3C)c2N)cc1. The Balaban J connectivity index is 1.81. The van der Waals surface area contributed by atoms with E-state index in [-0.39, 0.29) is 5.97 Å². The molecule has 0 aliphatic carbocycles. The predicted octanol–water partition coefficient (Wildman–Crippen LogP) is 2.97. The van der Waals surface area contributed by atoms with Crippen LogP contribution in [0, 0.1) is 0 Å². The molecule has 1 fully saturated rings. The van der Waals surface area contributed by atoms with E-state index in [1.54, 1.807) is 24.3 Å². The van der Waals surface area contributed by atoms with Crippen molar-refractivity contribution in [2.24, 2.45) is 0 Å². The smallest absolute Gasteiger partial charge is 0.337 e. The molecule has 7 heteroatoms. The normalized spacial score (nSPS) is 17.2. The van der Waals surface area contributed by atoms with Gasteiger partial charge in [0.25, 0.3) is 0 Å². The highest BCUT2D eigenvalue weighted by Gasteiger charge is 2.23. The molecule has 1 aliphatic rings. The first-order valence-corrected chi connectivity index (χ1v) is 8.42. The monoisotopic (exact) mass is 341 g/mol. The number of anilines is 4. The minimum absolute atomic E-state index is 0.366. The zero-order valence-electron chi connectivity index (χ0n) is 14.5. The average Bonchev–Trinajstić information content (AvgIpc) is 2.64. The summed E-state index contributed by atoms with van der Waals surface area (Å²) in [6.45, 7) is 3.15. The van der Waals surface area contributed by atoms with Crippen LogP contribution in [0.25, 0.3) is 0 Å². The molecule has 0 saturated carbocycles. The number of methoxy groups -OCH3 is 1. The van der Waals surface area contributed by atoms with Gasteiger partial charge >= 0.3 is 5.97 Å². The van der Waals surface area contributed by atoms with E-state index >= 15 is 0 Å². The van der Waals surface area contributed by atoms with Crippen LogP contribution < -0.4 is 16.0 Å². The maximum atomic E-state index is 11.5. The van der Waals surface area contributed by atoms with Crippen LogP contribution in [0.5, 0.6) is 0 Å². The third-order valence-corrected chi connectivity index (χ3v) is 4.51. The molecule has 25 heavy (non-hydrogen) atoms. The summed E-state index contributed by atoms with van der Waals surface area (Å²) >= 11 is 0. The largest absolute Gasteiger partial charge is 0.465 e. The summed E-state index contributed by atoms with van der Waals surface area (Å²) < 4.78 is 4.70. The zero-order valence-corrected chi connectivity index (χ0v) is 14.5. The Morgan fingerprint density at radius 1 is 1.28 bits per heavy atom. The molecule has 1 aromatic heterocycles. The fourth-order valence-corrected chi connectivity index (χ4v) is 3.07. The van der Waals surface area contributed by atoms with Crippen LogP contribution >= 0.6 is 0 Å². The highest BCUT2D eigenvalue weighted by Crippen LogP contribution is 2.32. The van der Waals surface area contributed by atoms with Crippen molar-refractivity contribution < 1.29 is 9.53 Å². The summed E-state index contributed by atoms with van der Waals surface area (Å²) in [7, 11) is 1.36. The second-order valence-corrected chi connectivity index (χ2v) is 6.19. The molecule has 2 aromatic rings. The van der Waals surface area contributed by atoms with E-state index in [9.17, 15) is 4.79 Å². The Labute approximate surface area is 147 Å². The van der Waals surface area contributed by atoms with Crippen molar-refractivity contribution in [2.75, 3.05) is 29.6 Å². The van der Waals surface area contributed by atoms with Crippen molar-refractivity contribution in [3.63, 3.8) is 0 Å². The van der Waals surface area contributed by atoms with Crippen LogP contribution in [0.2, 0.25) is 0 Å². The maximum Gasteiger partial charge on any atom is 0.337 e. The fraction of sp³-hybridized carbons (Fsp3) is 0.389. The van der Waals surface area contributed by atoms with Gasteiger partial charge < -0.3 is 20.7 Å². The summed E-state index contributed by atoms with van der Waals surface area (Å²) in [5.41, 5.74) is 8.14. The van der Waals surface area contributed by atoms with Crippen molar-refractivity contribution in [1.82, 2.24) is 9.97 Å². The second-order valence-electron chi connectivity index (χ2n) is 6.19. The standard InChI is InChI=1S/C18H23N5O2/c1-12-5-3-4-10-23(12)17-15(19)16(20-11-21-17)22-14-8-6-13(7-9-14)18(24)25-2/h6-9,11-12H,3-5,10,19H2,1-2H3,(H,20,21,22). The molecule has 0 bridgehead atoms. The lowest BCUT2D eigenvalue weighted by molar-refractivity contribution is 0.0601. The number of nitrogens with two attached hydrogens (primary N) is 1. The first-order chi connectivity index (χ1) is 12.1. The van der Waals surface area contributed by atoms with Gasteiger partial charge in [0.05, 0.1) is 12.7 Å². The minimum Gasteiger partial charge on any atom is -0.465 e. The molecule has 0 amide bonds. The van der Waals surface area contributed by atoms with Gasteiger partial charge in [0.1, 0.15) is 12.0 Å². The Hall–Kier alpha value is -2.83. The van der Waals surface area contributed by atoms with Crippen molar-refractivity contribution in [3.05, 3.63) is 36.2 Å². The van der Waals surface area contributed by atoms with Crippen LogP contribution in [0.4, 0.5) is 23.0 Å². The van der Waals surface area contributed by atoms with Crippen LogP contribution in [0.1, 0.15) is 36.5 Å². The number of rotatable bonds is 4. The number of carbonyl (C=O) groups excluding carboxylic acids is 1. The van der Waals surface area contributed by atoms with E-state index in [0.29, 0.717) is 23.1 Å². The topological polar surface area (TPSA) is 93.4 Å². The summed E-state index contributed by atoms with van der Waals surface area (Å²) in [4.78, 5) is 22.4. The molecule has 0 radical (unpaired) electrons. The van der Waals surface area contributed by atoms with Crippen LogP contribution in [0.3, 0.4) is 0 Å². The number of esters is 1. The Morgan fingerprint density at radius 3 is 2.72 bits per heavy atom. The van der Waals surface area contributed by atoms with Gasteiger partial charge in [-0.3, -0.25) is 0 Å². The van der Waals surface area contributed by atoms with E-state index in [1.807, 2.05) is 0 Å². The fourth-order valence-electron chi connectivity index (χ4n) is 3.07. The molecule has 1 atom stereocenters. The third-order valence-electron chi connectivity index (χ3n) is 4.51. The highest BCUT2D eigenvalue weighted by atomic mass is 16.5. The van der Waals surface area contributed by atoms with Crippen molar-refractivity contribution in [3.8, 4) is 0 Å². The number of carbonyl (C=O) groups is 1. The first-order valence-electron chi connectivity index (χ1n) is 8.42.